The predicted molar refractivity (Wildman–Crippen MR) is 213 cm³/mol. The minimum atomic E-state index is -0.158. The Morgan fingerprint density at radius 3 is 1.90 bits per heavy atom. The van der Waals surface area contributed by atoms with Crippen molar-refractivity contribution in [2.24, 2.45) is 0 Å². The van der Waals surface area contributed by atoms with Gasteiger partial charge in [-0.1, -0.05) is 147 Å². The summed E-state index contributed by atoms with van der Waals surface area (Å²) in [5, 5.41) is 2.35. The molecule has 51 heavy (non-hydrogen) atoms. The molecule has 0 bridgehead atoms. The zero-order valence-corrected chi connectivity index (χ0v) is 28.6. The lowest BCUT2D eigenvalue weighted by Gasteiger charge is -2.33. The molecule has 2 nitrogen and oxygen atoms in total. The van der Waals surface area contributed by atoms with Crippen LogP contribution in [0.25, 0.3) is 55.3 Å². The highest BCUT2D eigenvalue weighted by atomic mass is 16.5. The normalized spacial score (nSPS) is 13.2. The van der Waals surface area contributed by atoms with Gasteiger partial charge >= 0.3 is 0 Å². The molecular formula is C49H35NO. The van der Waals surface area contributed by atoms with Crippen molar-refractivity contribution in [2.75, 3.05) is 4.90 Å². The molecule has 1 aliphatic heterocycles. The number of para-hydroxylation sites is 1. The summed E-state index contributed by atoms with van der Waals surface area (Å²) in [7, 11) is 0. The molecule has 0 atom stereocenters. The Kier molecular flexibility index (Phi) is 6.56. The second kappa shape index (κ2) is 11.3. The van der Waals surface area contributed by atoms with Crippen LogP contribution in [0.2, 0.25) is 0 Å². The summed E-state index contributed by atoms with van der Waals surface area (Å²) in [5.74, 6) is 1.75. The number of hydrogen-bond donors (Lipinski definition) is 0. The van der Waals surface area contributed by atoms with Gasteiger partial charge in [-0.25, -0.2) is 0 Å². The van der Waals surface area contributed by atoms with Gasteiger partial charge in [-0.15, -0.1) is 0 Å². The molecule has 0 saturated heterocycles. The average molecular weight is 654 g/mol. The van der Waals surface area contributed by atoms with E-state index in [0.29, 0.717) is 0 Å². The molecule has 1 heterocycles. The Hall–Kier alpha value is -6.38. The zero-order chi connectivity index (χ0) is 34.1. The Morgan fingerprint density at radius 1 is 0.431 bits per heavy atom. The summed E-state index contributed by atoms with van der Waals surface area (Å²) in [6.45, 7) is 4.70. The van der Waals surface area contributed by atoms with E-state index >= 15 is 0 Å². The lowest BCUT2D eigenvalue weighted by molar-refractivity contribution is 0.487. The van der Waals surface area contributed by atoms with Gasteiger partial charge in [-0.05, 0) is 91.9 Å². The van der Waals surface area contributed by atoms with Gasteiger partial charge in [0.05, 0.1) is 5.69 Å². The SMILES string of the molecule is CC1(C)c2ccccc2-c2cccc(N(c3ccccc3)c3ccc4c(c3)Oc3ccc(-c5ccc(-c6ccccc6)cc5)c5cccc-4c35)c21. The third-order valence-electron chi connectivity index (χ3n) is 10.9. The molecule has 0 unspecified atom stereocenters. The highest BCUT2D eigenvalue weighted by molar-refractivity contribution is 6.10. The van der Waals surface area contributed by atoms with E-state index in [1.807, 2.05) is 0 Å². The van der Waals surface area contributed by atoms with E-state index in [4.69, 9.17) is 4.74 Å². The van der Waals surface area contributed by atoms with Crippen molar-refractivity contribution in [3.05, 3.63) is 187 Å². The highest BCUT2D eigenvalue weighted by Gasteiger charge is 2.38. The van der Waals surface area contributed by atoms with Crippen molar-refractivity contribution in [2.45, 2.75) is 19.3 Å². The number of hydrogen-bond acceptors (Lipinski definition) is 2. The molecule has 242 valence electrons. The fourth-order valence-corrected chi connectivity index (χ4v) is 8.49. The monoisotopic (exact) mass is 653 g/mol. The molecule has 2 heteroatoms. The summed E-state index contributed by atoms with van der Waals surface area (Å²) in [6, 6.07) is 63.4. The van der Waals surface area contributed by atoms with Crippen molar-refractivity contribution >= 4 is 27.8 Å². The summed E-state index contributed by atoms with van der Waals surface area (Å²) in [5.41, 5.74) is 15.7. The maximum atomic E-state index is 6.84. The van der Waals surface area contributed by atoms with Crippen LogP contribution in [0.3, 0.4) is 0 Å². The quantitative estimate of drug-likeness (QED) is 0.183. The maximum absolute atomic E-state index is 6.84. The molecule has 8 aromatic rings. The number of fused-ring (bicyclic) bond motifs is 5. The van der Waals surface area contributed by atoms with Gasteiger partial charge in [0.15, 0.2) is 0 Å². The van der Waals surface area contributed by atoms with Crippen LogP contribution >= 0.6 is 0 Å². The number of ether oxygens (including phenoxy) is 1. The zero-order valence-electron chi connectivity index (χ0n) is 28.6. The van der Waals surface area contributed by atoms with Crippen molar-refractivity contribution in [3.63, 3.8) is 0 Å². The largest absolute Gasteiger partial charge is 0.456 e. The predicted octanol–water partition coefficient (Wildman–Crippen LogP) is 13.7. The molecule has 8 aromatic carbocycles. The van der Waals surface area contributed by atoms with Crippen LogP contribution in [0.1, 0.15) is 25.0 Å². The van der Waals surface area contributed by atoms with Crippen LogP contribution in [0.4, 0.5) is 17.1 Å². The molecule has 1 aliphatic carbocycles. The molecule has 0 fully saturated rings. The second-order valence-corrected chi connectivity index (χ2v) is 14.1. The second-order valence-electron chi connectivity index (χ2n) is 14.1. The molecule has 0 saturated carbocycles. The van der Waals surface area contributed by atoms with E-state index in [-0.39, 0.29) is 5.41 Å². The topological polar surface area (TPSA) is 12.5 Å². The van der Waals surface area contributed by atoms with Crippen LogP contribution in [0.15, 0.2) is 176 Å². The van der Waals surface area contributed by atoms with Gasteiger partial charge in [-0.3, -0.25) is 0 Å². The molecule has 2 aliphatic rings. The first kappa shape index (κ1) is 29.5. The van der Waals surface area contributed by atoms with Crippen LogP contribution in [0, 0.1) is 0 Å². The Bertz CT molecular complexity index is 2620. The molecule has 0 aromatic heterocycles. The Labute approximate surface area is 298 Å². The smallest absolute Gasteiger partial charge is 0.137 e. The number of nitrogens with zero attached hydrogens (tertiary/aromatic N) is 1. The number of benzene rings is 8. The molecular weight excluding hydrogens is 619 g/mol. The lowest BCUT2D eigenvalue weighted by Crippen LogP contribution is -2.20. The van der Waals surface area contributed by atoms with Crippen LogP contribution in [0.5, 0.6) is 11.5 Å². The van der Waals surface area contributed by atoms with E-state index in [0.717, 1.165) is 33.8 Å². The lowest BCUT2D eigenvalue weighted by atomic mass is 9.81. The van der Waals surface area contributed by atoms with E-state index in [1.54, 1.807) is 0 Å². The number of anilines is 3. The molecule has 0 spiro atoms. The van der Waals surface area contributed by atoms with E-state index in [2.05, 4.69) is 195 Å². The maximum Gasteiger partial charge on any atom is 0.137 e. The van der Waals surface area contributed by atoms with Crippen molar-refractivity contribution < 1.29 is 4.74 Å². The van der Waals surface area contributed by atoms with Gasteiger partial charge < -0.3 is 9.64 Å². The number of rotatable bonds is 5. The summed E-state index contributed by atoms with van der Waals surface area (Å²) < 4.78 is 6.84. The van der Waals surface area contributed by atoms with Crippen LogP contribution < -0.4 is 9.64 Å². The summed E-state index contributed by atoms with van der Waals surface area (Å²) >= 11 is 0. The third kappa shape index (κ3) is 4.57. The summed E-state index contributed by atoms with van der Waals surface area (Å²) in [6.07, 6.45) is 0. The van der Waals surface area contributed by atoms with Crippen LogP contribution in [-0.2, 0) is 5.41 Å². The van der Waals surface area contributed by atoms with Crippen molar-refractivity contribution in [1.29, 1.82) is 0 Å². The van der Waals surface area contributed by atoms with E-state index in [1.165, 1.54) is 61.1 Å². The third-order valence-corrected chi connectivity index (χ3v) is 10.9. The van der Waals surface area contributed by atoms with E-state index in [9.17, 15) is 0 Å². The minimum absolute atomic E-state index is 0.158. The fraction of sp³-hybridized carbons (Fsp3) is 0.0612. The molecule has 0 radical (unpaired) electrons. The van der Waals surface area contributed by atoms with Gasteiger partial charge in [0.1, 0.15) is 11.5 Å². The Morgan fingerprint density at radius 2 is 1.08 bits per heavy atom. The minimum Gasteiger partial charge on any atom is -0.456 e. The first-order valence-electron chi connectivity index (χ1n) is 17.7. The standard InChI is InChI=1S/C49H35NO/c1-49(2)43-21-10-9-17-38(43)42-20-12-22-44(48(42)49)50(35-15-7-4-8-16-35)36-27-28-39-41-19-11-18-40-37(29-30-45(47(40)41)51-46(39)31-36)34-25-23-33(24-26-34)32-13-5-3-6-14-32/h3-31H,1-2H3. The van der Waals surface area contributed by atoms with Crippen molar-refractivity contribution in [3.8, 4) is 56.0 Å². The van der Waals surface area contributed by atoms with Crippen LogP contribution in [-0.4, -0.2) is 0 Å². The highest BCUT2D eigenvalue weighted by Crippen LogP contribution is 2.55. The van der Waals surface area contributed by atoms with Gasteiger partial charge in [-0.2, -0.15) is 0 Å². The molecule has 0 N–H and O–H groups in total. The Balaban J connectivity index is 1.09. The summed E-state index contributed by atoms with van der Waals surface area (Å²) in [4.78, 5) is 2.40. The molecule has 0 amide bonds. The fourth-order valence-electron chi connectivity index (χ4n) is 8.49. The van der Waals surface area contributed by atoms with E-state index < -0.39 is 0 Å². The van der Waals surface area contributed by atoms with Gasteiger partial charge in [0.25, 0.3) is 0 Å². The average Bonchev–Trinajstić information content (AvgIpc) is 3.42. The molecule has 10 rings (SSSR count). The van der Waals surface area contributed by atoms with Gasteiger partial charge in [0.2, 0.25) is 0 Å². The first-order valence-corrected chi connectivity index (χ1v) is 17.7. The first-order chi connectivity index (χ1) is 25.1. The van der Waals surface area contributed by atoms with Crippen molar-refractivity contribution in [1.82, 2.24) is 0 Å². The van der Waals surface area contributed by atoms with Gasteiger partial charge in [0, 0.05) is 33.8 Å².